The number of halogens is 5. The summed E-state index contributed by atoms with van der Waals surface area (Å²) in [5.41, 5.74) is -1.15. The number of imide groups is 1. The Morgan fingerprint density at radius 1 is 1.18 bits per heavy atom. The lowest BCUT2D eigenvalue weighted by Crippen LogP contribution is -2.46. The normalized spacial score (nSPS) is 32.5. The summed E-state index contributed by atoms with van der Waals surface area (Å²) in [6.07, 6.45) is 2.19. The Morgan fingerprint density at radius 3 is 2.52 bits per heavy atom. The van der Waals surface area contributed by atoms with Gasteiger partial charge in [-0.05, 0) is 31.8 Å². The van der Waals surface area contributed by atoms with Crippen molar-refractivity contribution in [2.75, 3.05) is 13.2 Å². The second-order valence-corrected chi connectivity index (χ2v) is 11.7. The molecule has 1 fully saturated rings. The number of hydrogen-bond donors (Lipinski definition) is 1. The zero-order chi connectivity index (χ0) is 29.4. The fourth-order valence-electron chi connectivity index (χ4n) is 5.95. The van der Waals surface area contributed by atoms with Crippen molar-refractivity contribution in [1.29, 1.82) is 0 Å². The van der Waals surface area contributed by atoms with Gasteiger partial charge in [-0.15, -0.1) is 23.2 Å². The predicted molar refractivity (Wildman–Crippen MR) is 144 cm³/mol. The first-order chi connectivity index (χ1) is 18.8. The Labute approximate surface area is 241 Å². The minimum atomic E-state index is -4.65. The monoisotopic (exact) mass is 604 g/mol. The van der Waals surface area contributed by atoms with Gasteiger partial charge in [0, 0.05) is 29.1 Å². The lowest BCUT2D eigenvalue weighted by Gasteiger charge is -2.42. The molecule has 0 aromatic carbocycles. The van der Waals surface area contributed by atoms with Crippen LogP contribution >= 0.6 is 23.2 Å². The molecule has 0 radical (unpaired) electrons. The second kappa shape index (κ2) is 11.8. The smallest absolute Gasteiger partial charge is 0.413 e. The van der Waals surface area contributed by atoms with Crippen molar-refractivity contribution in [3.8, 4) is 0 Å². The number of carbonyl (C=O) groups excluding carboxylic acids is 3. The summed E-state index contributed by atoms with van der Waals surface area (Å²) in [4.78, 5) is 39.4. The Bertz CT molecular complexity index is 1180. The summed E-state index contributed by atoms with van der Waals surface area (Å²) in [6.45, 7) is 5.26. The van der Waals surface area contributed by atoms with Crippen molar-refractivity contribution >= 4 is 41.1 Å². The predicted octanol–water partition coefficient (Wildman–Crippen LogP) is 5.93. The Kier molecular flexibility index (Phi) is 9.00. The summed E-state index contributed by atoms with van der Waals surface area (Å²) >= 11 is 12.4. The number of esters is 1. The number of amides is 3. The molecule has 4 rings (SSSR count). The van der Waals surface area contributed by atoms with Crippen molar-refractivity contribution in [2.24, 2.45) is 11.8 Å². The van der Waals surface area contributed by atoms with Crippen LogP contribution < -0.4 is 5.32 Å². The minimum absolute atomic E-state index is 0.0674. The average molecular weight is 605 g/mol. The molecular weight excluding hydrogens is 572 g/mol. The highest BCUT2D eigenvalue weighted by Gasteiger charge is 2.52. The van der Waals surface area contributed by atoms with Gasteiger partial charge in [0.15, 0.2) is 0 Å². The third-order valence-electron chi connectivity index (χ3n) is 7.86. The quantitative estimate of drug-likeness (QED) is 0.200. The van der Waals surface area contributed by atoms with Gasteiger partial charge in [-0.25, -0.2) is 9.59 Å². The molecule has 220 valence electrons. The second-order valence-electron chi connectivity index (χ2n) is 10.7. The van der Waals surface area contributed by atoms with Gasteiger partial charge in [0.2, 0.25) is 0 Å². The largest absolute Gasteiger partial charge is 0.496 e. The number of allylic oxidation sites excluding steroid dienone is 3. The SMILES string of the molecule is CCCC1=C(OCCN2C(=O)NC(C)(C3=CC(Cl)C(Cl)C=C3)C2=O)C(CCC)CC2C(C(F)(F)F)=CC(=O)OC12. The van der Waals surface area contributed by atoms with E-state index in [0.717, 1.165) is 4.90 Å². The molecule has 2 heterocycles. The van der Waals surface area contributed by atoms with E-state index in [4.69, 9.17) is 32.7 Å². The summed E-state index contributed by atoms with van der Waals surface area (Å²) in [5, 5.41) is 1.74. The van der Waals surface area contributed by atoms with Gasteiger partial charge in [-0.3, -0.25) is 9.69 Å². The molecule has 0 aromatic heterocycles. The molecule has 2 aliphatic heterocycles. The fraction of sp³-hybridized carbons (Fsp3) is 0.607. The number of ether oxygens (including phenoxy) is 2. The zero-order valence-corrected chi connectivity index (χ0v) is 24.0. The van der Waals surface area contributed by atoms with Crippen molar-refractivity contribution in [1.82, 2.24) is 10.2 Å². The third kappa shape index (κ3) is 5.79. The number of hydrogen-bond acceptors (Lipinski definition) is 5. The molecule has 0 aromatic rings. The van der Waals surface area contributed by atoms with E-state index in [1.807, 2.05) is 13.8 Å². The summed E-state index contributed by atoms with van der Waals surface area (Å²) < 4.78 is 53.2. The molecule has 0 spiro atoms. The average Bonchev–Trinajstić information content (AvgIpc) is 3.10. The minimum Gasteiger partial charge on any atom is -0.496 e. The van der Waals surface area contributed by atoms with E-state index < -0.39 is 58.0 Å². The third-order valence-corrected chi connectivity index (χ3v) is 8.81. The van der Waals surface area contributed by atoms with Crippen LogP contribution in [0.25, 0.3) is 0 Å². The molecule has 1 N–H and O–H groups in total. The van der Waals surface area contributed by atoms with Crippen molar-refractivity contribution in [2.45, 2.75) is 81.4 Å². The maximum atomic E-state index is 13.9. The van der Waals surface area contributed by atoms with Crippen LogP contribution in [-0.4, -0.2) is 64.5 Å². The first-order valence-corrected chi connectivity index (χ1v) is 14.4. The van der Waals surface area contributed by atoms with E-state index in [0.29, 0.717) is 48.7 Å². The molecule has 0 saturated carbocycles. The molecule has 1 saturated heterocycles. The van der Waals surface area contributed by atoms with Crippen molar-refractivity contribution in [3.05, 3.63) is 46.8 Å². The van der Waals surface area contributed by atoms with E-state index in [2.05, 4.69) is 5.32 Å². The van der Waals surface area contributed by atoms with Crippen molar-refractivity contribution < 1.29 is 37.0 Å². The van der Waals surface area contributed by atoms with Crippen molar-refractivity contribution in [3.63, 3.8) is 0 Å². The highest BCUT2D eigenvalue weighted by atomic mass is 35.5. The van der Waals surface area contributed by atoms with E-state index in [1.54, 1.807) is 25.2 Å². The summed E-state index contributed by atoms with van der Waals surface area (Å²) in [6, 6.07) is -0.595. The highest BCUT2D eigenvalue weighted by molar-refractivity contribution is 6.32. The molecule has 2 aliphatic carbocycles. The lowest BCUT2D eigenvalue weighted by molar-refractivity contribution is -0.153. The van der Waals surface area contributed by atoms with Gasteiger partial charge >= 0.3 is 18.2 Å². The molecular formula is C28H33Cl2F3N2O5. The molecule has 7 nitrogen and oxygen atoms in total. The molecule has 12 heteroatoms. The van der Waals surface area contributed by atoms with Crippen LogP contribution in [0.2, 0.25) is 0 Å². The molecule has 0 bridgehead atoms. The van der Waals surface area contributed by atoms with Crippen LogP contribution in [0.1, 0.15) is 52.9 Å². The first kappa shape index (κ1) is 30.5. The van der Waals surface area contributed by atoms with Gasteiger partial charge in [0.1, 0.15) is 24.0 Å². The van der Waals surface area contributed by atoms with Crippen LogP contribution in [0.15, 0.2) is 46.8 Å². The molecule has 3 amide bonds. The molecule has 40 heavy (non-hydrogen) atoms. The fourth-order valence-corrected chi connectivity index (χ4v) is 6.32. The van der Waals surface area contributed by atoms with Crippen LogP contribution in [0.5, 0.6) is 0 Å². The Hall–Kier alpha value is -2.46. The highest BCUT2D eigenvalue weighted by Crippen LogP contribution is 2.48. The number of alkyl halides is 5. The summed E-state index contributed by atoms with van der Waals surface area (Å²) in [7, 11) is 0. The van der Waals surface area contributed by atoms with E-state index in [1.165, 1.54) is 0 Å². The number of fused-ring (bicyclic) bond motifs is 1. The molecule has 6 unspecified atom stereocenters. The van der Waals surface area contributed by atoms with Gasteiger partial charge in [0.25, 0.3) is 5.91 Å². The number of nitrogens with zero attached hydrogens (tertiary/aromatic N) is 1. The van der Waals surface area contributed by atoms with Crippen LogP contribution in [0, 0.1) is 11.8 Å². The molecule has 4 aliphatic rings. The van der Waals surface area contributed by atoms with Gasteiger partial charge in [0.05, 0.1) is 17.3 Å². The van der Waals surface area contributed by atoms with Crippen LogP contribution in [0.3, 0.4) is 0 Å². The topological polar surface area (TPSA) is 84.9 Å². The van der Waals surface area contributed by atoms with E-state index in [-0.39, 0.29) is 25.5 Å². The Morgan fingerprint density at radius 2 is 1.90 bits per heavy atom. The van der Waals surface area contributed by atoms with Gasteiger partial charge in [-0.1, -0.05) is 44.9 Å². The van der Waals surface area contributed by atoms with E-state index >= 15 is 0 Å². The standard InChI is InChI=1S/C28H33Cl2F3N2O5/c1-4-6-15-12-18-19(28(31,32)33)14-22(36)40-24(18)17(7-5-2)23(15)39-11-10-35-25(37)27(3,34-26(35)38)16-8-9-20(29)21(30)13-16/h8-9,13-15,18,20-21,24H,4-7,10-12H2,1-3H3,(H,34,38). The maximum Gasteiger partial charge on any atom is 0.413 e. The number of carbonyl (C=O) groups is 3. The maximum absolute atomic E-state index is 13.9. The number of urea groups is 1. The summed E-state index contributed by atoms with van der Waals surface area (Å²) in [5.74, 6) is -2.35. The van der Waals surface area contributed by atoms with Crippen LogP contribution in [0.4, 0.5) is 18.0 Å². The van der Waals surface area contributed by atoms with Gasteiger partial charge < -0.3 is 14.8 Å². The number of nitrogens with one attached hydrogen (secondary N) is 1. The number of rotatable bonds is 9. The Balaban J connectivity index is 1.55. The zero-order valence-electron chi connectivity index (χ0n) is 22.5. The van der Waals surface area contributed by atoms with E-state index in [9.17, 15) is 27.6 Å². The van der Waals surface area contributed by atoms with Gasteiger partial charge in [-0.2, -0.15) is 13.2 Å². The molecule has 6 atom stereocenters. The lowest BCUT2D eigenvalue weighted by atomic mass is 9.71. The van der Waals surface area contributed by atoms with Crippen LogP contribution in [-0.2, 0) is 19.1 Å². The first-order valence-electron chi connectivity index (χ1n) is 13.5.